The molecule has 0 atom stereocenters. The molecule has 0 radical (unpaired) electrons. The Labute approximate surface area is 308 Å². The molecule has 3 aromatic rings. The van der Waals surface area contributed by atoms with E-state index in [0.29, 0.717) is 25.3 Å². The number of aryl methyl sites for hydroxylation is 1. The number of fused-ring (bicyclic) bond motifs is 1. The van der Waals surface area contributed by atoms with Crippen LogP contribution in [-0.2, 0) is 22.4 Å². The van der Waals surface area contributed by atoms with Gasteiger partial charge in [0.15, 0.2) is 0 Å². The van der Waals surface area contributed by atoms with Crippen LogP contribution in [0, 0.1) is 0 Å². The van der Waals surface area contributed by atoms with Gasteiger partial charge in [-0.15, -0.1) is 5.10 Å². The maximum atomic E-state index is 12.8. The Balaban J connectivity index is 0.982. The highest BCUT2D eigenvalue weighted by atomic mass is 31.2. The summed E-state index contributed by atoms with van der Waals surface area (Å²) in [6, 6.07) is 8.94. The zero-order valence-corrected chi connectivity index (χ0v) is 31.7. The van der Waals surface area contributed by atoms with Crippen LogP contribution >= 0.6 is 7.60 Å². The van der Waals surface area contributed by atoms with Gasteiger partial charge in [0.25, 0.3) is 0 Å². The third kappa shape index (κ3) is 14.3. The van der Waals surface area contributed by atoms with E-state index in [1.165, 1.54) is 32.1 Å². The van der Waals surface area contributed by atoms with E-state index in [1.54, 1.807) is 0 Å². The fourth-order valence-electron chi connectivity index (χ4n) is 7.21. The largest absolute Gasteiger partial charge is 0.367 e. The molecule has 15 heteroatoms. The van der Waals surface area contributed by atoms with Crippen molar-refractivity contribution in [3.05, 3.63) is 36.2 Å². The Morgan fingerprint density at radius 1 is 0.846 bits per heavy atom. The molecule has 3 heterocycles. The second kappa shape index (κ2) is 21.5. The molecule has 288 valence electrons. The van der Waals surface area contributed by atoms with Crippen molar-refractivity contribution in [3.8, 4) is 0 Å². The maximum Gasteiger partial charge on any atom is 0.325 e. The second-order valence-electron chi connectivity index (χ2n) is 14.5. The van der Waals surface area contributed by atoms with Crippen molar-refractivity contribution < 1.29 is 19.1 Å². The number of para-hydroxylation sites is 1. The molecular weight excluding hydrogens is 679 g/mol. The van der Waals surface area contributed by atoms with E-state index < -0.39 is 7.60 Å². The van der Waals surface area contributed by atoms with Gasteiger partial charge in [-0.1, -0.05) is 62.3 Å². The molecule has 2 aliphatic rings. The number of aromatic nitrogens is 5. The number of likely N-dealkylation sites (tertiary alicyclic amines) is 1. The van der Waals surface area contributed by atoms with Gasteiger partial charge in [0, 0.05) is 49.7 Å². The number of nitrogens with one attached hydrogen (secondary N) is 4. The lowest BCUT2D eigenvalue weighted by Gasteiger charge is -2.33. The molecule has 1 aliphatic carbocycles. The van der Waals surface area contributed by atoms with Gasteiger partial charge in [-0.25, -0.2) is 4.98 Å². The van der Waals surface area contributed by atoms with Gasteiger partial charge in [0.2, 0.25) is 11.9 Å². The number of carbonyl (C=O) groups is 1. The Hall–Kier alpha value is -3.16. The first kappa shape index (κ1) is 40.0. The van der Waals surface area contributed by atoms with Crippen LogP contribution in [0.2, 0.25) is 0 Å². The topological polar surface area (TPSA) is 182 Å². The van der Waals surface area contributed by atoms with Gasteiger partial charge in [-0.2, -0.15) is 4.98 Å². The minimum Gasteiger partial charge on any atom is -0.367 e. The molecule has 1 saturated carbocycles. The van der Waals surface area contributed by atoms with Crippen molar-refractivity contribution in [2.75, 3.05) is 49.5 Å². The van der Waals surface area contributed by atoms with Crippen molar-refractivity contribution in [3.63, 3.8) is 0 Å². The lowest BCUT2D eigenvalue weighted by Crippen LogP contribution is -2.42. The van der Waals surface area contributed by atoms with Gasteiger partial charge < -0.3 is 36.0 Å². The van der Waals surface area contributed by atoms with Crippen molar-refractivity contribution in [1.29, 1.82) is 0 Å². The summed E-state index contributed by atoms with van der Waals surface area (Å²) in [4.78, 5) is 42.3. The molecule has 1 aliphatic heterocycles. The third-order valence-corrected chi connectivity index (χ3v) is 11.1. The molecule has 2 fully saturated rings. The minimum atomic E-state index is -3.89. The number of piperidine rings is 1. The number of benzene rings is 1. The van der Waals surface area contributed by atoms with Crippen LogP contribution in [-0.4, -0.2) is 96.5 Å². The summed E-state index contributed by atoms with van der Waals surface area (Å²) < 4.78 is 12.8. The predicted molar refractivity (Wildman–Crippen MR) is 206 cm³/mol. The zero-order chi connectivity index (χ0) is 36.4. The molecule has 1 aromatic carbocycles. The summed E-state index contributed by atoms with van der Waals surface area (Å²) in [5, 5.41) is 23.9. The summed E-state index contributed by atoms with van der Waals surface area (Å²) in [5.41, 5.74) is 1.70. The van der Waals surface area contributed by atoms with E-state index in [1.807, 2.05) is 40.0 Å². The van der Waals surface area contributed by atoms with Crippen LogP contribution in [0.4, 0.5) is 11.8 Å². The average molecular weight is 741 g/mol. The lowest BCUT2D eigenvalue weighted by atomic mass is 9.95. The van der Waals surface area contributed by atoms with Crippen LogP contribution in [0.1, 0.15) is 108 Å². The molecule has 52 heavy (non-hydrogen) atoms. The number of amides is 1. The number of nitrogens with zero attached hydrogens (tertiary/aromatic N) is 6. The Kier molecular flexibility index (Phi) is 16.6. The Bertz CT molecular complexity index is 1540. The fraction of sp³-hybridized carbons (Fsp3) is 0.703. The molecule has 0 bridgehead atoms. The molecule has 0 spiro atoms. The Morgan fingerprint density at radius 3 is 2.40 bits per heavy atom. The van der Waals surface area contributed by atoms with Crippen molar-refractivity contribution >= 4 is 36.2 Å². The first-order valence-corrected chi connectivity index (χ1v) is 21.5. The van der Waals surface area contributed by atoms with Gasteiger partial charge in [-0.05, 0) is 83.1 Å². The monoisotopic (exact) mass is 740 g/mol. The molecule has 2 aromatic heterocycles. The van der Waals surface area contributed by atoms with Crippen LogP contribution in [0.25, 0.3) is 10.9 Å². The first-order chi connectivity index (χ1) is 25.3. The van der Waals surface area contributed by atoms with E-state index >= 15 is 0 Å². The van der Waals surface area contributed by atoms with Gasteiger partial charge in [0.1, 0.15) is 11.5 Å². The van der Waals surface area contributed by atoms with Crippen molar-refractivity contribution in [2.45, 2.75) is 128 Å². The maximum absolute atomic E-state index is 12.8. The quantitative estimate of drug-likeness (QED) is 0.0536. The molecular formula is C37H61N10O4P. The van der Waals surface area contributed by atoms with Crippen LogP contribution in [0.5, 0.6) is 0 Å². The summed E-state index contributed by atoms with van der Waals surface area (Å²) in [6.07, 6.45) is 18.3. The summed E-state index contributed by atoms with van der Waals surface area (Å²) in [6.45, 7) is 5.81. The second-order valence-corrected chi connectivity index (χ2v) is 16.3. The standard InChI is InChI=1S/C37H61N10O4P/c48-35(18-8-3-1-2-4-11-27-52(49,50)51)46-25-19-31(20-26-46)41-36-33-16-9-10-17-34(33)42-37(43-36)40-28-32-29-47(45-44-32)24-13-22-38-21-12-23-39-30-14-6-5-7-15-30/h9-10,16-17,29-31,38-39H,1-8,11-15,18-28H2,(H2,49,50,51)(H2,40,41,42,43). The molecule has 0 unspecified atom stereocenters. The zero-order valence-electron chi connectivity index (χ0n) is 30.9. The van der Waals surface area contributed by atoms with E-state index in [9.17, 15) is 9.36 Å². The van der Waals surface area contributed by atoms with Crippen molar-refractivity contribution in [2.24, 2.45) is 0 Å². The molecule has 1 saturated heterocycles. The third-order valence-electron chi connectivity index (χ3n) is 10.2. The van der Waals surface area contributed by atoms with Crippen LogP contribution < -0.4 is 21.3 Å². The highest BCUT2D eigenvalue weighted by Crippen LogP contribution is 2.35. The number of carbonyl (C=O) groups excluding carboxylic acids is 1. The highest BCUT2D eigenvalue weighted by molar-refractivity contribution is 7.51. The fourth-order valence-corrected chi connectivity index (χ4v) is 7.84. The SMILES string of the molecule is O=C(CCCCCCCCP(=O)(O)O)N1CCC(Nc2nc(NCc3cn(CCCNCCCNC4CCCCC4)nn3)nc3ccccc23)CC1. The van der Waals surface area contributed by atoms with Gasteiger partial charge in [-0.3, -0.25) is 14.0 Å². The van der Waals surface area contributed by atoms with E-state index in [2.05, 4.69) is 31.6 Å². The van der Waals surface area contributed by atoms with E-state index in [0.717, 1.165) is 126 Å². The van der Waals surface area contributed by atoms with Crippen LogP contribution in [0.15, 0.2) is 30.5 Å². The molecule has 14 nitrogen and oxygen atoms in total. The lowest BCUT2D eigenvalue weighted by molar-refractivity contribution is -0.132. The number of anilines is 2. The van der Waals surface area contributed by atoms with Crippen molar-refractivity contribution in [1.82, 2.24) is 40.5 Å². The first-order valence-electron chi connectivity index (χ1n) is 19.7. The molecule has 5 rings (SSSR count). The average Bonchev–Trinajstić information content (AvgIpc) is 3.61. The smallest absolute Gasteiger partial charge is 0.325 e. The summed E-state index contributed by atoms with van der Waals surface area (Å²) in [5.74, 6) is 1.53. The minimum absolute atomic E-state index is 0.0375. The van der Waals surface area contributed by atoms with E-state index in [4.69, 9.17) is 19.8 Å². The number of hydrogen-bond donors (Lipinski definition) is 6. The molecule has 6 N–H and O–H groups in total. The number of hydrogen-bond acceptors (Lipinski definition) is 10. The normalized spacial score (nSPS) is 16.1. The summed E-state index contributed by atoms with van der Waals surface area (Å²) in [7, 11) is -3.89. The van der Waals surface area contributed by atoms with Crippen LogP contribution in [0.3, 0.4) is 0 Å². The highest BCUT2D eigenvalue weighted by Gasteiger charge is 2.23. The van der Waals surface area contributed by atoms with Gasteiger partial charge in [0.05, 0.1) is 18.3 Å². The van der Waals surface area contributed by atoms with Gasteiger partial charge >= 0.3 is 7.60 Å². The molecule has 1 amide bonds. The number of unbranched alkanes of at least 4 members (excludes halogenated alkanes) is 5. The van der Waals surface area contributed by atoms with E-state index in [-0.39, 0.29) is 18.1 Å². The summed E-state index contributed by atoms with van der Waals surface area (Å²) >= 11 is 0. The predicted octanol–water partition coefficient (Wildman–Crippen LogP) is 5.44. The number of rotatable bonds is 23. The Morgan fingerprint density at radius 2 is 1.60 bits per heavy atom.